The Morgan fingerprint density at radius 1 is 1.26 bits per heavy atom. The van der Waals surface area contributed by atoms with Crippen LogP contribution < -0.4 is 5.32 Å². The molecule has 19 heavy (non-hydrogen) atoms. The number of hydrogen-bond donors (Lipinski definition) is 1. The number of nitrogens with zero attached hydrogens (tertiary/aromatic N) is 1. The van der Waals surface area contributed by atoms with Crippen LogP contribution in [0.4, 0.5) is 0 Å². The minimum atomic E-state index is 0.109. The highest BCUT2D eigenvalue weighted by molar-refractivity contribution is 4.96. The van der Waals surface area contributed by atoms with Crippen molar-refractivity contribution < 1.29 is 4.74 Å². The second kappa shape index (κ2) is 5.34. The van der Waals surface area contributed by atoms with Crippen LogP contribution >= 0.6 is 0 Å². The molecule has 3 unspecified atom stereocenters. The third-order valence-corrected chi connectivity index (χ3v) is 5.19. The molecule has 0 radical (unpaired) electrons. The smallest absolute Gasteiger partial charge is 0.0710 e. The van der Waals surface area contributed by atoms with Gasteiger partial charge in [0.05, 0.1) is 11.7 Å². The lowest BCUT2D eigenvalue weighted by Crippen LogP contribution is -2.58. The topological polar surface area (TPSA) is 24.5 Å². The van der Waals surface area contributed by atoms with E-state index in [-0.39, 0.29) is 5.60 Å². The Labute approximate surface area is 118 Å². The van der Waals surface area contributed by atoms with Crippen LogP contribution in [0.2, 0.25) is 0 Å². The Hall–Kier alpha value is -0.120. The summed E-state index contributed by atoms with van der Waals surface area (Å²) >= 11 is 0. The Morgan fingerprint density at radius 2 is 2.05 bits per heavy atom. The average molecular weight is 266 g/mol. The quantitative estimate of drug-likeness (QED) is 0.845. The second-order valence-electron chi connectivity index (χ2n) is 7.41. The fourth-order valence-electron chi connectivity index (χ4n) is 3.80. The van der Waals surface area contributed by atoms with Crippen LogP contribution in [0.5, 0.6) is 0 Å². The maximum absolute atomic E-state index is 6.21. The fraction of sp³-hybridized carbons (Fsp3) is 1.00. The molecule has 2 saturated heterocycles. The summed E-state index contributed by atoms with van der Waals surface area (Å²) in [6.07, 6.45) is 7.05. The van der Waals surface area contributed by atoms with E-state index in [1.165, 1.54) is 45.2 Å². The number of piperazine rings is 1. The molecule has 0 bridgehead atoms. The van der Waals surface area contributed by atoms with Crippen molar-refractivity contribution >= 4 is 0 Å². The second-order valence-corrected chi connectivity index (χ2v) is 7.41. The highest BCUT2D eigenvalue weighted by atomic mass is 16.5. The first-order chi connectivity index (χ1) is 9.07. The Morgan fingerprint density at radius 3 is 2.63 bits per heavy atom. The van der Waals surface area contributed by atoms with Crippen LogP contribution in [0.1, 0.15) is 52.9 Å². The molecule has 0 aromatic carbocycles. The molecule has 3 fully saturated rings. The number of hydrogen-bond acceptors (Lipinski definition) is 3. The third kappa shape index (κ3) is 3.32. The van der Waals surface area contributed by atoms with Gasteiger partial charge < -0.3 is 10.1 Å². The lowest BCUT2D eigenvalue weighted by molar-refractivity contribution is -0.0401. The largest absolute Gasteiger partial charge is 0.371 e. The molecule has 1 saturated carbocycles. The van der Waals surface area contributed by atoms with Gasteiger partial charge in [-0.1, -0.05) is 6.92 Å². The van der Waals surface area contributed by atoms with Crippen molar-refractivity contribution in [3.8, 4) is 0 Å². The normalized spacial score (nSPS) is 39.6. The number of rotatable bonds is 4. The van der Waals surface area contributed by atoms with Crippen LogP contribution in [-0.4, -0.2) is 48.3 Å². The molecule has 0 aromatic heterocycles. The van der Waals surface area contributed by atoms with E-state index in [0.717, 1.165) is 18.5 Å². The van der Waals surface area contributed by atoms with Crippen molar-refractivity contribution in [3.05, 3.63) is 0 Å². The third-order valence-electron chi connectivity index (χ3n) is 5.19. The molecule has 3 rings (SSSR count). The lowest BCUT2D eigenvalue weighted by Gasteiger charge is -2.41. The molecule has 3 aliphatic rings. The van der Waals surface area contributed by atoms with Crippen molar-refractivity contribution in [2.24, 2.45) is 5.92 Å². The Kier molecular flexibility index (Phi) is 3.89. The van der Waals surface area contributed by atoms with E-state index in [2.05, 4.69) is 31.0 Å². The summed E-state index contributed by atoms with van der Waals surface area (Å²) < 4.78 is 6.21. The Bertz CT molecular complexity index is 314. The highest BCUT2D eigenvalue weighted by Crippen LogP contribution is 2.37. The van der Waals surface area contributed by atoms with Gasteiger partial charge in [0.1, 0.15) is 0 Å². The van der Waals surface area contributed by atoms with Crippen molar-refractivity contribution in [2.45, 2.75) is 76.7 Å². The zero-order valence-corrected chi connectivity index (χ0v) is 12.8. The van der Waals surface area contributed by atoms with E-state index >= 15 is 0 Å². The van der Waals surface area contributed by atoms with Gasteiger partial charge in [0, 0.05) is 31.7 Å². The van der Waals surface area contributed by atoms with E-state index in [9.17, 15) is 0 Å². The molecule has 3 nitrogen and oxygen atoms in total. The summed E-state index contributed by atoms with van der Waals surface area (Å²) in [6.45, 7) is 10.3. The van der Waals surface area contributed by atoms with E-state index in [4.69, 9.17) is 4.74 Å². The maximum atomic E-state index is 6.21. The predicted molar refractivity (Wildman–Crippen MR) is 78.4 cm³/mol. The molecule has 110 valence electrons. The number of ether oxygens (including phenoxy) is 1. The SMILES string of the molecule is CCC1CN(CC2CCC(C)(C)O2)C(C2CC2)CN1. The minimum Gasteiger partial charge on any atom is -0.371 e. The van der Waals surface area contributed by atoms with Gasteiger partial charge in [-0.05, 0) is 51.9 Å². The standard InChI is InChI=1S/C16H30N2O/c1-4-13-10-18(15(9-17-13)12-5-6-12)11-14-7-8-16(2,3)19-14/h12-15,17H,4-11H2,1-3H3. The predicted octanol–water partition coefficient (Wildman–Crippen LogP) is 2.41. The van der Waals surface area contributed by atoms with Crippen molar-refractivity contribution in [2.75, 3.05) is 19.6 Å². The van der Waals surface area contributed by atoms with Gasteiger partial charge >= 0.3 is 0 Å². The van der Waals surface area contributed by atoms with Crippen molar-refractivity contribution in [3.63, 3.8) is 0 Å². The summed E-state index contributed by atoms with van der Waals surface area (Å²) in [5.41, 5.74) is 0.109. The number of nitrogens with one attached hydrogen (secondary N) is 1. The zero-order chi connectivity index (χ0) is 13.5. The summed E-state index contributed by atoms with van der Waals surface area (Å²) in [5.74, 6) is 0.958. The Balaban J connectivity index is 1.59. The van der Waals surface area contributed by atoms with Crippen LogP contribution in [0.25, 0.3) is 0 Å². The van der Waals surface area contributed by atoms with Gasteiger partial charge in [-0.25, -0.2) is 0 Å². The van der Waals surface area contributed by atoms with Crippen LogP contribution in [-0.2, 0) is 4.74 Å². The minimum absolute atomic E-state index is 0.109. The molecule has 1 aliphatic carbocycles. The monoisotopic (exact) mass is 266 g/mol. The molecule has 3 atom stereocenters. The van der Waals surface area contributed by atoms with Crippen LogP contribution in [0, 0.1) is 5.92 Å². The molecule has 3 heteroatoms. The van der Waals surface area contributed by atoms with E-state index in [0.29, 0.717) is 12.1 Å². The van der Waals surface area contributed by atoms with Gasteiger partial charge in [-0.3, -0.25) is 4.90 Å². The maximum Gasteiger partial charge on any atom is 0.0710 e. The van der Waals surface area contributed by atoms with Gasteiger partial charge in [0.2, 0.25) is 0 Å². The van der Waals surface area contributed by atoms with E-state index in [1.54, 1.807) is 0 Å². The fourth-order valence-corrected chi connectivity index (χ4v) is 3.80. The molecule has 0 spiro atoms. The first kappa shape index (κ1) is 13.8. The first-order valence-corrected chi connectivity index (χ1v) is 8.22. The first-order valence-electron chi connectivity index (χ1n) is 8.22. The van der Waals surface area contributed by atoms with Crippen LogP contribution in [0.3, 0.4) is 0 Å². The molecular formula is C16H30N2O. The van der Waals surface area contributed by atoms with Crippen molar-refractivity contribution in [1.82, 2.24) is 10.2 Å². The molecule has 0 amide bonds. The summed E-state index contributed by atoms with van der Waals surface area (Å²) in [5, 5.41) is 3.73. The van der Waals surface area contributed by atoms with Crippen molar-refractivity contribution in [1.29, 1.82) is 0 Å². The highest BCUT2D eigenvalue weighted by Gasteiger charge is 2.41. The van der Waals surface area contributed by atoms with Crippen LogP contribution in [0.15, 0.2) is 0 Å². The molecule has 0 aromatic rings. The zero-order valence-electron chi connectivity index (χ0n) is 12.8. The molecular weight excluding hydrogens is 236 g/mol. The average Bonchev–Trinajstić information content (AvgIpc) is 3.15. The van der Waals surface area contributed by atoms with Gasteiger partial charge in [0.15, 0.2) is 0 Å². The summed E-state index contributed by atoms with van der Waals surface area (Å²) in [6, 6.07) is 1.46. The summed E-state index contributed by atoms with van der Waals surface area (Å²) in [4.78, 5) is 2.74. The van der Waals surface area contributed by atoms with E-state index in [1.807, 2.05) is 0 Å². The molecule has 2 heterocycles. The lowest BCUT2D eigenvalue weighted by atomic mass is 10.0. The summed E-state index contributed by atoms with van der Waals surface area (Å²) in [7, 11) is 0. The molecule has 2 aliphatic heterocycles. The van der Waals surface area contributed by atoms with E-state index < -0.39 is 0 Å². The van der Waals surface area contributed by atoms with Gasteiger partial charge in [-0.15, -0.1) is 0 Å². The van der Waals surface area contributed by atoms with Gasteiger partial charge in [-0.2, -0.15) is 0 Å². The molecule has 1 N–H and O–H groups in total. The van der Waals surface area contributed by atoms with Gasteiger partial charge in [0.25, 0.3) is 0 Å².